The van der Waals surface area contributed by atoms with Crippen LogP contribution in [0.4, 0.5) is 0 Å². The van der Waals surface area contributed by atoms with E-state index in [1.807, 2.05) is 18.7 Å². The molecule has 0 aromatic carbocycles. The summed E-state index contributed by atoms with van der Waals surface area (Å²) in [5.74, 6) is 0.159. The molecule has 2 amide bonds. The van der Waals surface area contributed by atoms with E-state index in [9.17, 15) is 9.59 Å². The molecule has 0 saturated carbocycles. The van der Waals surface area contributed by atoms with Gasteiger partial charge in [0, 0.05) is 18.6 Å². The number of nitrogens with zero attached hydrogens (tertiary/aromatic N) is 2. The molecule has 1 N–H and O–H groups in total. The van der Waals surface area contributed by atoms with Gasteiger partial charge in [-0.2, -0.15) is 0 Å². The van der Waals surface area contributed by atoms with E-state index in [0.29, 0.717) is 12.5 Å². The van der Waals surface area contributed by atoms with Crippen LogP contribution in [-0.2, 0) is 9.59 Å². The van der Waals surface area contributed by atoms with Gasteiger partial charge in [-0.1, -0.05) is 20.3 Å². The van der Waals surface area contributed by atoms with Crippen LogP contribution >= 0.6 is 0 Å². The van der Waals surface area contributed by atoms with Crippen LogP contribution in [0.2, 0.25) is 0 Å². The molecule has 2 rings (SSSR count). The number of piperazine rings is 1. The van der Waals surface area contributed by atoms with Gasteiger partial charge in [0.2, 0.25) is 11.8 Å². The number of hydrogen-bond donors (Lipinski definition) is 1. The van der Waals surface area contributed by atoms with E-state index >= 15 is 0 Å². The van der Waals surface area contributed by atoms with Crippen LogP contribution in [0.15, 0.2) is 0 Å². The van der Waals surface area contributed by atoms with Crippen LogP contribution in [0.1, 0.15) is 52.9 Å². The van der Waals surface area contributed by atoms with E-state index in [4.69, 9.17) is 0 Å². The van der Waals surface area contributed by atoms with Crippen molar-refractivity contribution in [3.8, 4) is 0 Å². The zero-order valence-electron chi connectivity index (χ0n) is 13.8. The monoisotopic (exact) mass is 295 g/mol. The maximum atomic E-state index is 12.8. The van der Waals surface area contributed by atoms with E-state index in [-0.39, 0.29) is 29.9 Å². The van der Waals surface area contributed by atoms with E-state index in [0.717, 1.165) is 32.2 Å². The van der Waals surface area contributed by atoms with Crippen LogP contribution in [0.3, 0.4) is 0 Å². The molecule has 0 aliphatic carbocycles. The Hall–Kier alpha value is -1.10. The lowest BCUT2D eigenvalue weighted by Gasteiger charge is -2.47. The molecule has 2 aliphatic heterocycles. The molecule has 0 radical (unpaired) electrons. The van der Waals surface area contributed by atoms with E-state index in [1.165, 1.54) is 0 Å². The Morgan fingerprint density at radius 2 is 2.00 bits per heavy atom. The smallest absolute Gasteiger partial charge is 0.246 e. The van der Waals surface area contributed by atoms with Gasteiger partial charge in [0.15, 0.2) is 0 Å². The largest absolute Gasteiger partial charge is 0.343 e. The number of nitrogens with one attached hydrogen (secondary N) is 1. The van der Waals surface area contributed by atoms with Crippen molar-refractivity contribution in [2.45, 2.75) is 77.0 Å². The Balaban J connectivity index is 2.19. The summed E-state index contributed by atoms with van der Waals surface area (Å²) in [5, 5.41) is 2.92. The first kappa shape index (κ1) is 16.3. The van der Waals surface area contributed by atoms with Crippen LogP contribution in [0.5, 0.6) is 0 Å². The van der Waals surface area contributed by atoms with Gasteiger partial charge < -0.3 is 15.1 Å². The van der Waals surface area contributed by atoms with Crippen molar-refractivity contribution < 1.29 is 9.59 Å². The predicted molar refractivity (Wildman–Crippen MR) is 82.9 cm³/mol. The molecule has 0 spiro atoms. The van der Waals surface area contributed by atoms with Crippen molar-refractivity contribution in [2.24, 2.45) is 0 Å². The molecule has 0 aromatic rings. The number of rotatable bonds is 4. The minimum atomic E-state index is -0.319. The van der Waals surface area contributed by atoms with Gasteiger partial charge in [0.1, 0.15) is 12.1 Å². The first-order valence-corrected chi connectivity index (χ1v) is 8.32. The Labute approximate surface area is 128 Å². The van der Waals surface area contributed by atoms with Gasteiger partial charge in [0.25, 0.3) is 0 Å². The summed E-state index contributed by atoms with van der Waals surface area (Å²) in [6, 6.07) is 0.0641. The lowest BCUT2D eigenvalue weighted by molar-refractivity contribution is -0.154. The van der Waals surface area contributed by atoms with Crippen LogP contribution in [-0.4, -0.2) is 59.4 Å². The summed E-state index contributed by atoms with van der Waals surface area (Å²) in [6.07, 6.45) is 4.27. The topological polar surface area (TPSA) is 52.7 Å². The number of amides is 2. The number of carbonyl (C=O) groups excluding carboxylic acids is 2. The second kappa shape index (κ2) is 6.77. The molecular formula is C16H29N3O2. The molecule has 4 atom stereocenters. The molecule has 120 valence electrons. The molecule has 4 unspecified atom stereocenters. The molecule has 5 nitrogen and oxygen atoms in total. The minimum absolute atomic E-state index is 0.0298. The zero-order valence-corrected chi connectivity index (χ0v) is 13.8. The zero-order chi connectivity index (χ0) is 15.6. The summed E-state index contributed by atoms with van der Waals surface area (Å²) in [7, 11) is 2.13. The van der Waals surface area contributed by atoms with Crippen LogP contribution in [0.25, 0.3) is 0 Å². The highest BCUT2D eigenvalue weighted by atomic mass is 16.2. The van der Waals surface area contributed by atoms with Gasteiger partial charge in [-0.3, -0.25) is 9.59 Å². The first-order chi connectivity index (χ1) is 9.99. The molecular weight excluding hydrogens is 266 g/mol. The molecule has 0 bridgehead atoms. The lowest BCUT2D eigenvalue weighted by atomic mass is 9.92. The SMILES string of the molecule is CCCC1NC(=O)C(CC)N(C2CCN(C)C(C)C2)C1=O. The van der Waals surface area contributed by atoms with Crippen molar-refractivity contribution in [3.05, 3.63) is 0 Å². The highest BCUT2D eigenvalue weighted by Crippen LogP contribution is 2.27. The van der Waals surface area contributed by atoms with Crippen molar-refractivity contribution in [3.63, 3.8) is 0 Å². The average Bonchev–Trinajstić information content (AvgIpc) is 2.45. The highest BCUT2D eigenvalue weighted by molar-refractivity contribution is 5.97. The quantitative estimate of drug-likeness (QED) is 0.852. The number of likely N-dealkylation sites (tertiary alicyclic amines) is 1. The van der Waals surface area contributed by atoms with Crippen molar-refractivity contribution in [2.75, 3.05) is 13.6 Å². The van der Waals surface area contributed by atoms with E-state index in [1.54, 1.807) is 0 Å². The summed E-state index contributed by atoms with van der Waals surface area (Å²) in [6.45, 7) is 7.23. The fourth-order valence-corrected chi connectivity index (χ4v) is 3.61. The molecule has 2 saturated heterocycles. The Bertz CT molecular complexity index is 399. The fraction of sp³-hybridized carbons (Fsp3) is 0.875. The molecule has 2 aliphatic rings. The lowest BCUT2D eigenvalue weighted by Crippen LogP contribution is -2.66. The van der Waals surface area contributed by atoms with Gasteiger partial charge >= 0.3 is 0 Å². The maximum Gasteiger partial charge on any atom is 0.246 e. The van der Waals surface area contributed by atoms with Crippen LogP contribution in [0, 0.1) is 0 Å². The number of carbonyl (C=O) groups is 2. The number of hydrogen-bond acceptors (Lipinski definition) is 3. The molecule has 2 heterocycles. The first-order valence-electron chi connectivity index (χ1n) is 8.32. The Kier molecular flexibility index (Phi) is 5.25. The standard InChI is InChI=1S/C16H29N3O2/c1-5-7-13-16(21)19(14(6-2)15(20)17-13)12-8-9-18(4)11(3)10-12/h11-14H,5-10H2,1-4H3,(H,17,20). The summed E-state index contributed by atoms with van der Waals surface area (Å²) in [5.41, 5.74) is 0. The fourth-order valence-electron chi connectivity index (χ4n) is 3.61. The number of piperidine rings is 1. The molecule has 0 aromatic heterocycles. The van der Waals surface area contributed by atoms with Gasteiger partial charge in [-0.25, -0.2) is 0 Å². The second-order valence-corrected chi connectivity index (χ2v) is 6.53. The third-order valence-corrected chi connectivity index (χ3v) is 5.05. The highest BCUT2D eigenvalue weighted by Gasteiger charge is 2.43. The van der Waals surface area contributed by atoms with Crippen LogP contribution < -0.4 is 5.32 Å². The molecule has 5 heteroatoms. The average molecular weight is 295 g/mol. The minimum Gasteiger partial charge on any atom is -0.343 e. The summed E-state index contributed by atoms with van der Waals surface area (Å²) < 4.78 is 0. The summed E-state index contributed by atoms with van der Waals surface area (Å²) >= 11 is 0. The normalized spacial score (nSPS) is 35.0. The summed E-state index contributed by atoms with van der Waals surface area (Å²) in [4.78, 5) is 29.4. The van der Waals surface area contributed by atoms with Crippen molar-refractivity contribution >= 4 is 11.8 Å². The molecule has 2 fully saturated rings. The third kappa shape index (κ3) is 3.23. The van der Waals surface area contributed by atoms with Gasteiger partial charge in [-0.05, 0) is 39.7 Å². The Morgan fingerprint density at radius 3 is 2.57 bits per heavy atom. The van der Waals surface area contributed by atoms with Gasteiger partial charge in [0.05, 0.1) is 0 Å². The predicted octanol–water partition coefficient (Wildman–Crippen LogP) is 1.37. The van der Waals surface area contributed by atoms with Crippen molar-refractivity contribution in [1.82, 2.24) is 15.1 Å². The second-order valence-electron chi connectivity index (χ2n) is 6.53. The third-order valence-electron chi connectivity index (χ3n) is 5.05. The molecule has 21 heavy (non-hydrogen) atoms. The van der Waals surface area contributed by atoms with E-state index < -0.39 is 0 Å². The maximum absolute atomic E-state index is 12.8. The van der Waals surface area contributed by atoms with E-state index in [2.05, 4.69) is 24.2 Å². The van der Waals surface area contributed by atoms with Gasteiger partial charge in [-0.15, -0.1) is 0 Å². The van der Waals surface area contributed by atoms with Crippen molar-refractivity contribution in [1.29, 1.82) is 0 Å². The Morgan fingerprint density at radius 1 is 1.29 bits per heavy atom.